The van der Waals surface area contributed by atoms with Gasteiger partial charge in [-0.25, -0.2) is 4.98 Å². The van der Waals surface area contributed by atoms with Crippen molar-refractivity contribution >= 4 is 16.5 Å². The molecular formula is C17H16N2O2. The fraction of sp³-hybridized carbons (Fsp3) is 0.118. The summed E-state index contributed by atoms with van der Waals surface area (Å²) in [5, 5.41) is 2.01. The van der Waals surface area contributed by atoms with Gasteiger partial charge in [0.25, 0.3) is 0 Å². The Morgan fingerprint density at radius 1 is 1.05 bits per heavy atom. The Labute approximate surface area is 123 Å². The van der Waals surface area contributed by atoms with Gasteiger partial charge in [0.05, 0.1) is 7.11 Å². The second-order valence-corrected chi connectivity index (χ2v) is 4.73. The number of nitrogen functional groups attached to an aromatic ring is 1. The van der Waals surface area contributed by atoms with Crippen molar-refractivity contribution < 1.29 is 9.47 Å². The molecule has 1 aromatic heterocycles. The van der Waals surface area contributed by atoms with Crippen LogP contribution in [0.15, 0.2) is 54.7 Å². The predicted molar refractivity (Wildman–Crippen MR) is 83.5 cm³/mol. The summed E-state index contributed by atoms with van der Waals surface area (Å²) in [7, 11) is 1.65. The van der Waals surface area contributed by atoms with Gasteiger partial charge in [0.15, 0.2) is 0 Å². The molecule has 0 radical (unpaired) electrons. The van der Waals surface area contributed by atoms with Gasteiger partial charge in [-0.2, -0.15) is 0 Å². The Hall–Kier alpha value is -2.75. The number of rotatable bonds is 4. The number of pyridine rings is 1. The van der Waals surface area contributed by atoms with E-state index < -0.39 is 0 Å². The molecule has 4 nitrogen and oxygen atoms in total. The van der Waals surface area contributed by atoms with Crippen LogP contribution >= 0.6 is 0 Å². The normalized spacial score (nSPS) is 10.5. The number of benzene rings is 2. The third-order valence-electron chi connectivity index (χ3n) is 3.29. The van der Waals surface area contributed by atoms with E-state index in [-0.39, 0.29) is 0 Å². The highest BCUT2D eigenvalue weighted by atomic mass is 16.5. The van der Waals surface area contributed by atoms with Crippen molar-refractivity contribution in [3.63, 3.8) is 0 Å². The molecule has 0 saturated carbocycles. The molecule has 0 spiro atoms. The van der Waals surface area contributed by atoms with E-state index in [0.717, 1.165) is 27.8 Å². The quantitative estimate of drug-likeness (QED) is 0.744. The lowest BCUT2D eigenvalue weighted by molar-refractivity contribution is 0.298. The summed E-state index contributed by atoms with van der Waals surface area (Å²) in [5.41, 5.74) is 7.47. The maximum Gasteiger partial charge on any atom is 0.221 e. The zero-order valence-corrected chi connectivity index (χ0v) is 11.7. The van der Waals surface area contributed by atoms with E-state index in [1.807, 2.05) is 48.5 Å². The molecule has 0 bridgehead atoms. The lowest BCUT2D eigenvalue weighted by atomic mass is 10.1. The second kappa shape index (κ2) is 5.71. The Balaban J connectivity index is 1.85. The molecule has 3 rings (SSSR count). The van der Waals surface area contributed by atoms with Crippen LogP contribution in [-0.4, -0.2) is 12.1 Å². The standard InChI is InChI=1S/C17H16N2O2/c1-20-15-6-7-16-13(10-15)8-9-19-17(16)21-11-12-2-4-14(18)5-3-12/h2-10H,11,18H2,1H3. The third-order valence-corrected chi connectivity index (χ3v) is 3.29. The summed E-state index contributed by atoms with van der Waals surface area (Å²) in [5.74, 6) is 1.44. The minimum Gasteiger partial charge on any atom is -0.497 e. The van der Waals surface area contributed by atoms with Crippen LogP contribution in [0, 0.1) is 0 Å². The predicted octanol–water partition coefficient (Wildman–Crippen LogP) is 3.40. The molecule has 21 heavy (non-hydrogen) atoms. The molecule has 2 aromatic carbocycles. The molecule has 0 saturated heterocycles. The van der Waals surface area contributed by atoms with E-state index in [9.17, 15) is 0 Å². The van der Waals surface area contributed by atoms with Gasteiger partial charge in [-0.05, 0) is 47.3 Å². The molecule has 3 aromatic rings. The van der Waals surface area contributed by atoms with Gasteiger partial charge in [-0.3, -0.25) is 0 Å². The Bertz CT molecular complexity index is 754. The van der Waals surface area contributed by atoms with Crippen molar-refractivity contribution in [1.29, 1.82) is 0 Å². The van der Waals surface area contributed by atoms with Gasteiger partial charge >= 0.3 is 0 Å². The molecule has 4 heteroatoms. The minimum atomic E-state index is 0.457. The van der Waals surface area contributed by atoms with E-state index in [1.54, 1.807) is 13.3 Å². The fourth-order valence-corrected chi connectivity index (χ4v) is 2.14. The summed E-state index contributed by atoms with van der Waals surface area (Å²) < 4.78 is 11.1. The van der Waals surface area contributed by atoms with Crippen LogP contribution in [0.5, 0.6) is 11.6 Å². The van der Waals surface area contributed by atoms with Crippen molar-refractivity contribution in [1.82, 2.24) is 4.98 Å². The van der Waals surface area contributed by atoms with Crippen LogP contribution in [0.25, 0.3) is 10.8 Å². The van der Waals surface area contributed by atoms with Gasteiger partial charge in [0.2, 0.25) is 5.88 Å². The first kappa shape index (κ1) is 13.2. The van der Waals surface area contributed by atoms with Gasteiger partial charge in [0, 0.05) is 17.3 Å². The van der Waals surface area contributed by atoms with Crippen molar-refractivity contribution in [3.8, 4) is 11.6 Å². The smallest absolute Gasteiger partial charge is 0.221 e. The molecule has 1 heterocycles. The maximum atomic E-state index is 5.83. The lowest BCUT2D eigenvalue weighted by Crippen LogP contribution is -1.98. The zero-order valence-electron chi connectivity index (χ0n) is 11.7. The summed E-state index contributed by atoms with van der Waals surface area (Å²) in [6.45, 7) is 0.457. The minimum absolute atomic E-state index is 0.457. The molecule has 106 valence electrons. The van der Waals surface area contributed by atoms with Crippen molar-refractivity contribution in [2.45, 2.75) is 6.61 Å². The molecule has 0 aliphatic carbocycles. The second-order valence-electron chi connectivity index (χ2n) is 4.73. The highest BCUT2D eigenvalue weighted by Gasteiger charge is 2.05. The number of fused-ring (bicyclic) bond motifs is 1. The summed E-state index contributed by atoms with van der Waals surface area (Å²) >= 11 is 0. The molecule has 0 fully saturated rings. The SMILES string of the molecule is COc1ccc2c(OCc3ccc(N)cc3)nccc2c1. The molecular weight excluding hydrogens is 264 g/mol. The first-order chi connectivity index (χ1) is 10.3. The highest BCUT2D eigenvalue weighted by Crippen LogP contribution is 2.27. The molecule has 0 aliphatic rings. The van der Waals surface area contributed by atoms with Gasteiger partial charge in [-0.15, -0.1) is 0 Å². The number of nitrogens with zero attached hydrogens (tertiary/aromatic N) is 1. The van der Waals surface area contributed by atoms with E-state index in [1.165, 1.54) is 0 Å². The maximum absolute atomic E-state index is 5.83. The van der Waals surface area contributed by atoms with Crippen molar-refractivity contribution in [2.24, 2.45) is 0 Å². The third kappa shape index (κ3) is 2.89. The van der Waals surface area contributed by atoms with Crippen LogP contribution in [0.2, 0.25) is 0 Å². The lowest BCUT2D eigenvalue weighted by Gasteiger charge is -2.09. The monoisotopic (exact) mass is 280 g/mol. The number of methoxy groups -OCH3 is 1. The summed E-state index contributed by atoms with van der Waals surface area (Å²) in [6, 6.07) is 15.4. The van der Waals surface area contributed by atoms with Crippen LogP contribution in [0.1, 0.15) is 5.56 Å². The van der Waals surface area contributed by atoms with E-state index in [2.05, 4.69) is 4.98 Å². The first-order valence-electron chi connectivity index (χ1n) is 6.66. The average Bonchev–Trinajstić information content (AvgIpc) is 2.53. The largest absolute Gasteiger partial charge is 0.497 e. The molecule has 0 aliphatic heterocycles. The van der Waals surface area contributed by atoms with Crippen molar-refractivity contribution in [3.05, 3.63) is 60.3 Å². The fourth-order valence-electron chi connectivity index (χ4n) is 2.14. The Morgan fingerprint density at radius 3 is 2.62 bits per heavy atom. The summed E-state index contributed by atoms with van der Waals surface area (Å²) in [4.78, 5) is 4.31. The van der Waals surface area contributed by atoms with Gasteiger partial charge < -0.3 is 15.2 Å². The van der Waals surface area contributed by atoms with Gasteiger partial charge in [0.1, 0.15) is 12.4 Å². The van der Waals surface area contributed by atoms with E-state index in [0.29, 0.717) is 12.5 Å². The Kier molecular flexibility index (Phi) is 3.60. The van der Waals surface area contributed by atoms with Crippen LogP contribution < -0.4 is 15.2 Å². The number of aromatic nitrogens is 1. The number of anilines is 1. The number of ether oxygens (including phenoxy) is 2. The van der Waals surface area contributed by atoms with Gasteiger partial charge in [-0.1, -0.05) is 12.1 Å². The van der Waals surface area contributed by atoms with Crippen LogP contribution in [0.3, 0.4) is 0 Å². The summed E-state index contributed by atoms with van der Waals surface area (Å²) in [6.07, 6.45) is 1.74. The first-order valence-corrected chi connectivity index (χ1v) is 6.66. The zero-order chi connectivity index (χ0) is 14.7. The molecule has 2 N–H and O–H groups in total. The number of hydrogen-bond acceptors (Lipinski definition) is 4. The number of hydrogen-bond donors (Lipinski definition) is 1. The Morgan fingerprint density at radius 2 is 1.86 bits per heavy atom. The van der Waals surface area contributed by atoms with Crippen molar-refractivity contribution in [2.75, 3.05) is 12.8 Å². The van der Waals surface area contributed by atoms with Crippen LogP contribution in [-0.2, 0) is 6.61 Å². The number of nitrogens with two attached hydrogens (primary N) is 1. The van der Waals surface area contributed by atoms with Crippen LogP contribution in [0.4, 0.5) is 5.69 Å². The van der Waals surface area contributed by atoms with E-state index in [4.69, 9.17) is 15.2 Å². The van der Waals surface area contributed by atoms with E-state index >= 15 is 0 Å². The average molecular weight is 280 g/mol. The molecule has 0 amide bonds. The topological polar surface area (TPSA) is 57.4 Å². The molecule has 0 atom stereocenters. The highest BCUT2D eigenvalue weighted by molar-refractivity contribution is 5.87. The molecule has 0 unspecified atom stereocenters.